The van der Waals surface area contributed by atoms with Crippen molar-refractivity contribution in [3.8, 4) is 6.07 Å². The predicted molar refractivity (Wildman–Crippen MR) is 82.9 cm³/mol. The van der Waals surface area contributed by atoms with Crippen LogP contribution < -0.4 is 10.9 Å². The van der Waals surface area contributed by atoms with Crippen molar-refractivity contribution in [1.29, 1.82) is 5.26 Å². The maximum absolute atomic E-state index is 11.8. The molecule has 0 bridgehead atoms. The van der Waals surface area contributed by atoms with E-state index in [9.17, 15) is 14.9 Å². The van der Waals surface area contributed by atoms with E-state index in [0.29, 0.717) is 5.56 Å². The first kappa shape index (κ1) is 16.1. The molecule has 2 N–H and O–H groups in total. The summed E-state index contributed by atoms with van der Waals surface area (Å²) in [5.41, 5.74) is 6.42. The molecule has 7 nitrogen and oxygen atoms in total. The number of non-ortho nitro benzene ring substituents is 1. The van der Waals surface area contributed by atoms with E-state index in [0.717, 1.165) is 5.56 Å². The molecule has 0 aromatic heterocycles. The van der Waals surface area contributed by atoms with Crippen LogP contribution in [0.25, 0.3) is 0 Å². The van der Waals surface area contributed by atoms with Crippen molar-refractivity contribution in [2.75, 3.05) is 0 Å². The Kier molecular flexibility index (Phi) is 5.39. The lowest BCUT2D eigenvalue weighted by atomic mass is 10.1. The zero-order valence-electron chi connectivity index (χ0n) is 12.1. The molecule has 23 heavy (non-hydrogen) atoms. The minimum atomic E-state index is -0.796. The molecule has 0 radical (unpaired) electrons. The maximum atomic E-state index is 11.8. The standard InChI is InChI=1S/C16H14N4O3/c17-11-15(13-6-8-14(9-7-13)20(22)23)18-19-16(21)10-12-4-2-1-3-5-12/h1-9,15,18H,10H2,(H,19,21)/t15-/m1/s1. The molecule has 2 aromatic carbocycles. The molecule has 0 heterocycles. The Morgan fingerprint density at radius 3 is 2.39 bits per heavy atom. The fraction of sp³-hybridized carbons (Fsp3) is 0.125. The molecule has 116 valence electrons. The van der Waals surface area contributed by atoms with Gasteiger partial charge in [0.05, 0.1) is 17.4 Å². The average Bonchev–Trinajstić information content (AvgIpc) is 2.56. The van der Waals surface area contributed by atoms with Gasteiger partial charge in [-0.25, -0.2) is 5.43 Å². The molecule has 1 atom stereocenters. The zero-order chi connectivity index (χ0) is 16.7. The number of carbonyl (C=O) groups excluding carboxylic acids is 1. The Morgan fingerprint density at radius 1 is 1.17 bits per heavy atom. The second-order valence-corrected chi connectivity index (χ2v) is 4.77. The quantitative estimate of drug-likeness (QED) is 0.627. The lowest BCUT2D eigenvalue weighted by Crippen LogP contribution is -2.40. The van der Waals surface area contributed by atoms with Gasteiger partial charge in [-0.3, -0.25) is 20.3 Å². The number of hydrazine groups is 1. The van der Waals surface area contributed by atoms with Gasteiger partial charge >= 0.3 is 0 Å². The van der Waals surface area contributed by atoms with Crippen molar-refractivity contribution >= 4 is 11.6 Å². The van der Waals surface area contributed by atoms with Crippen LogP contribution in [0.1, 0.15) is 17.2 Å². The summed E-state index contributed by atoms with van der Waals surface area (Å²) < 4.78 is 0. The number of carbonyl (C=O) groups is 1. The van der Waals surface area contributed by atoms with Crippen molar-refractivity contribution in [1.82, 2.24) is 10.9 Å². The van der Waals surface area contributed by atoms with E-state index in [1.54, 1.807) is 0 Å². The van der Waals surface area contributed by atoms with E-state index in [1.165, 1.54) is 24.3 Å². The van der Waals surface area contributed by atoms with Crippen LogP contribution in [-0.4, -0.2) is 10.8 Å². The van der Waals surface area contributed by atoms with Crippen LogP contribution >= 0.6 is 0 Å². The fourth-order valence-electron chi connectivity index (χ4n) is 1.96. The van der Waals surface area contributed by atoms with Crippen LogP contribution in [0.5, 0.6) is 0 Å². The first-order valence-electron chi connectivity index (χ1n) is 6.82. The molecule has 0 aliphatic heterocycles. The van der Waals surface area contributed by atoms with Crippen LogP contribution in [-0.2, 0) is 11.2 Å². The molecule has 0 spiro atoms. The second kappa shape index (κ2) is 7.68. The lowest BCUT2D eigenvalue weighted by molar-refractivity contribution is -0.384. The smallest absolute Gasteiger partial charge is 0.269 e. The van der Waals surface area contributed by atoms with Crippen LogP contribution in [0.3, 0.4) is 0 Å². The van der Waals surface area contributed by atoms with Crippen molar-refractivity contribution in [2.45, 2.75) is 12.5 Å². The average molecular weight is 310 g/mol. The Hall–Kier alpha value is -3.24. The number of hydrogen-bond donors (Lipinski definition) is 2. The van der Waals surface area contributed by atoms with Crippen LogP contribution in [0.2, 0.25) is 0 Å². The molecular weight excluding hydrogens is 296 g/mol. The number of nitrogens with one attached hydrogen (secondary N) is 2. The molecule has 0 saturated carbocycles. The van der Waals surface area contributed by atoms with Crippen molar-refractivity contribution in [3.63, 3.8) is 0 Å². The highest BCUT2D eigenvalue weighted by Gasteiger charge is 2.13. The molecule has 0 fully saturated rings. The molecule has 0 aliphatic rings. The van der Waals surface area contributed by atoms with Gasteiger partial charge < -0.3 is 0 Å². The van der Waals surface area contributed by atoms with E-state index in [-0.39, 0.29) is 18.0 Å². The summed E-state index contributed by atoms with van der Waals surface area (Å²) in [6.45, 7) is 0. The van der Waals surface area contributed by atoms with Gasteiger partial charge in [0.25, 0.3) is 5.69 Å². The Labute approximate surface area is 132 Å². The fourth-order valence-corrected chi connectivity index (χ4v) is 1.96. The van der Waals surface area contributed by atoms with Crippen molar-refractivity contribution in [2.24, 2.45) is 0 Å². The largest absolute Gasteiger partial charge is 0.290 e. The van der Waals surface area contributed by atoms with Crippen LogP contribution in [0.15, 0.2) is 54.6 Å². The molecule has 0 unspecified atom stereocenters. The summed E-state index contributed by atoms with van der Waals surface area (Å²) in [5, 5.41) is 19.8. The van der Waals surface area contributed by atoms with Gasteiger partial charge in [0.15, 0.2) is 0 Å². The first-order valence-corrected chi connectivity index (χ1v) is 6.82. The van der Waals surface area contributed by atoms with Crippen molar-refractivity contribution < 1.29 is 9.72 Å². The lowest BCUT2D eigenvalue weighted by Gasteiger charge is -2.13. The molecule has 7 heteroatoms. The number of hydrogen-bond acceptors (Lipinski definition) is 5. The van der Waals surface area contributed by atoms with Crippen LogP contribution in [0.4, 0.5) is 5.69 Å². The normalized spacial score (nSPS) is 11.3. The maximum Gasteiger partial charge on any atom is 0.269 e. The third-order valence-corrected chi connectivity index (χ3v) is 3.13. The summed E-state index contributed by atoms with van der Waals surface area (Å²) in [6, 6.07) is 16.0. The van der Waals surface area contributed by atoms with E-state index in [4.69, 9.17) is 5.26 Å². The number of nitrogens with zero attached hydrogens (tertiary/aromatic N) is 2. The Morgan fingerprint density at radius 2 is 1.83 bits per heavy atom. The minimum Gasteiger partial charge on any atom is -0.290 e. The summed E-state index contributed by atoms with van der Waals surface area (Å²) >= 11 is 0. The second-order valence-electron chi connectivity index (χ2n) is 4.77. The van der Waals surface area contributed by atoms with Gasteiger partial charge in [-0.15, -0.1) is 0 Å². The van der Waals surface area contributed by atoms with Gasteiger partial charge in [0.1, 0.15) is 6.04 Å². The third kappa shape index (κ3) is 4.62. The highest BCUT2D eigenvalue weighted by molar-refractivity contribution is 5.78. The third-order valence-electron chi connectivity index (χ3n) is 3.13. The van der Waals surface area contributed by atoms with Gasteiger partial charge in [-0.2, -0.15) is 5.26 Å². The molecule has 2 rings (SSSR count). The molecule has 1 amide bonds. The van der Waals surface area contributed by atoms with E-state index < -0.39 is 11.0 Å². The SMILES string of the molecule is N#C[C@@H](NNC(=O)Cc1ccccc1)c1ccc([N+](=O)[O-])cc1. The zero-order valence-corrected chi connectivity index (χ0v) is 12.1. The number of nitriles is 1. The molecule has 0 aliphatic carbocycles. The number of amides is 1. The number of rotatable bonds is 6. The molecular formula is C16H14N4O3. The van der Waals surface area contributed by atoms with Crippen molar-refractivity contribution in [3.05, 3.63) is 75.8 Å². The Bertz CT molecular complexity index is 723. The number of benzene rings is 2. The van der Waals surface area contributed by atoms with Gasteiger partial charge in [-0.05, 0) is 23.3 Å². The van der Waals surface area contributed by atoms with E-state index in [2.05, 4.69) is 10.9 Å². The monoisotopic (exact) mass is 310 g/mol. The van der Waals surface area contributed by atoms with Crippen LogP contribution in [0, 0.1) is 21.4 Å². The van der Waals surface area contributed by atoms with Gasteiger partial charge in [0.2, 0.25) is 5.91 Å². The summed E-state index contributed by atoms with van der Waals surface area (Å²) in [4.78, 5) is 21.9. The van der Waals surface area contributed by atoms with E-state index >= 15 is 0 Å². The van der Waals surface area contributed by atoms with Gasteiger partial charge in [0, 0.05) is 12.1 Å². The topological polar surface area (TPSA) is 108 Å². The number of nitro groups is 1. The summed E-state index contributed by atoms with van der Waals surface area (Å²) in [5.74, 6) is -0.279. The minimum absolute atomic E-state index is 0.0569. The van der Waals surface area contributed by atoms with Gasteiger partial charge in [-0.1, -0.05) is 30.3 Å². The first-order chi connectivity index (χ1) is 11.1. The predicted octanol–water partition coefficient (Wildman–Crippen LogP) is 2.02. The highest BCUT2D eigenvalue weighted by Crippen LogP contribution is 2.16. The highest BCUT2D eigenvalue weighted by atomic mass is 16.6. The number of nitro benzene ring substituents is 1. The summed E-state index contributed by atoms with van der Waals surface area (Å²) in [7, 11) is 0. The van der Waals surface area contributed by atoms with E-state index in [1.807, 2.05) is 36.4 Å². The molecule has 2 aromatic rings. The molecule has 0 saturated heterocycles. The summed E-state index contributed by atoms with van der Waals surface area (Å²) in [6.07, 6.45) is 0.187. The Balaban J connectivity index is 1.93.